The first-order valence-corrected chi connectivity index (χ1v) is 16.1. The Morgan fingerprint density at radius 2 is 1.44 bits per heavy atom. The van der Waals surface area contributed by atoms with Gasteiger partial charge < -0.3 is 25.4 Å². The van der Waals surface area contributed by atoms with Gasteiger partial charge in [-0.1, -0.05) is 48.5 Å². The summed E-state index contributed by atoms with van der Waals surface area (Å²) < 4.78 is 10.8. The summed E-state index contributed by atoms with van der Waals surface area (Å²) >= 11 is 1.32. The zero-order chi connectivity index (χ0) is 35.5. The van der Waals surface area contributed by atoms with E-state index < -0.39 is 22.0 Å². The minimum absolute atomic E-state index is 0.0695. The van der Waals surface area contributed by atoms with Crippen molar-refractivity contribution in [3.05, 3.63) is 160 Å². The Labute approximate surface area is 292 Å². The molecule has 0 radical (unpaired) electrons. The lowest BCUT2D eigenvalue weighted by Gasteiger charge is -2.19. The molecule has 0 spiro atoms. The van der Waals surface area contributed by atoms with E-state index in [0.29, 0.717) is 34.0 Å². The molecule has 252 valence electrons. The van der Waals surface area contributed by atoms with Crippen molar-refractivity contribution in [1.29, 1.82) is 0 Å². The third-order valence-electron chi connectivity index (χ3n) is 7.31. The first-order chi connectivity index (χ1) is 24.2. The lowest BCUT2D eigenvalue weighted by molar-refractivity contribution is -0.384. The van der Waals surface area contributed by atoms with Crippen LogP contribution in [0.2, 0.25) is 0 Å². The van der Waals surface area contributed by atoms with Crippen molar-refractivity contribution in [1.82, 2.24) is 5.32 Å². The van der Waals surface area contributed by atoms with Crippen molar-refractivity contribution in [2.75, 3.05) is 24.9 Å². The first-order valence-electron chi connectivity index (χ1n) is 15.2. The number of rotatable bonds is 13. The van der Waals surface area contributed by atoms with Crippen LogP contribution in [-0.4, -0.2) is 36.9 Å². The number of ether oxygens (including phenoxy) is 2. The largest absolute Gasteiger partial charge is 0.497 e. The molecule has 5 aromatic carbocycles. The zero-order valence-electron chi connectivity index (χ0n) is 27.0. The number of thioether (sulfide) groups is 1. The van der Waals surface area contributed by atoms with Crippen molar-refractivity contribution in [2.24, 2.45) is 0 Å². The highest BCUT2D eigenvalue weighted by Gasteiger charge is 2.24. The molecule has 1 atom stereocenters. The van der Waals surface area contributed by atoms with E-state index in [9.17, 15) is 24.5 Å². The molecule has 0 fully saturated rings. The van der Waals surface area contributed by atoms with Crippen molar-refractivity contribution < 1.29 is 28.8 Å². The number of anilines is 2. The summed E-state index contributed by atoms with van der Waals surface area (Å²) in [4.78, 5) is 51.5. The number of hydrogen-bond acceptors (Lipinski definition) is 8. The van der Waals surface area contributed by atoms with Gasteiger partial charge in [-0.3, -0.25) is 24.5 Å². The fraction of sp³-hybridized carbons (Fsp3) is 0.0789. The summed E-state index contributed by atoms with van der Waals surface area (Å²) in [7, 11) is 3.06. The fourth-order valence-corrected chi connectivity index (χ4v) is 5.79. The van der Waals surface area contributed by atoms with Gasteiger partial charge in [0.05, 0.1) is 24.8 Å². The van der Waals surface area contributed by atoms with E-state index in [1.807, 2.05) is 30.3 Å². The highest BCUT2D eigenvalue weighted by atomic mass is 32.2. The normalized spacial score (nSPS) is 11.5. The maximum absolute atomic E-state index is 13.7. The molecule has 3 N–H and O–H groups in total. The summed E-state index contributed by atoms with van der Waals surface area (Å²) in [5.74, 6) is -0.342. The van der Waals surface area contributed by atoms with Crippen molar-refractivity contribution in [3.8, 4) is 11.5 Å². The molecular formula is C38H32N4O7S. The average Bonchev–Trinajstić information content (AvgIpc) is 3.15. The van der Waals surface area contributed by atoms with Crippen LogP contribution >= 0.6 is 11.8 Å². The van der Waals surface area contributed by atoms with Crippen LogP contribution in [0, 0.1) is 10.1 Å². The van der Waals surface area contributed by atoms with E-state index in [4.69, 9.17) is 9.47 Å². The molecule has 5 aromatic rings. The monoisotopic (exact) mass is 688 g/mol. The topological polar surface area (TPSA) is 149 Å². The molecule has 0 aromatic heterocycles. The SMILES string of the molecule is COc1ccc(OC)c(NC(=O)C(Sc2ccc(NC(=O)/C(=C/c3ccc([N+](=O)[O-])cc3)NC(=O)c3ccccc3)cc2)c2ccccc2)c1. The molecule has 0 heterocycles. The third kappa shape index (κ3) is 9.14. The number of carbonyl (C=O) groups is 3. The van der Waals surface area contributed by atoms with Crippen LogP contribution < -0.4 is 25.4 Å². The van der Waals surface area contributed by atoms with E-state index in [1.54, 1.807) is 79.9 Å². The molecule has 0 aliphatic rings. The summed E-state index contributed by atoms with van der Waals surface area (Å²) in [5.41, 5.74) is 2.32. The number of nitrogens with zero attached hydrogens (tertiary/aromatic N) is 1. The van der Waals surface area contributed by atoms with Crippen LogP contribution in [0.25, 0.3) is 6.08 Å². The van der Waals surface area contributed by atoms with Crippen LogP contribution in [0.4, 0.5) is 17.1 Å². The number of benzene rings is 5. The van der Waals surface area contributed by atoms with E-state index >= 15 is 0 Å². The minimum Gasteiger partial charge on any atom is -0.497 e. The quantitative estimate of drug-likeness (QED) is 0.0499. The number of hydrogen-bond donors (Lipinski definition) is 3. The minimum atomic E-state index is -0.642. The van der Waals surface area contributed by atoms with Gasteiger partial charge in [0.2, 0.25) is 5.91 Å². The molecule has 12 heteroatoms. The molecule has 0 bridgehead atoms. The standard InChI is InChI=1S/C38H32N4O7S/c1-48-30-19-22-34(49-2)32(24-30)40-38(45)35(26-9-5-3-6-10-26)50-31-20-15-28(16-21-31)39-37(44)33(41-36(43)27-11-7-4-8-12-27)23-25-13-17-29(18-14-25)42(46)47/h3-24,35H,1-2H3,(H,39,44)(H,40,45)(H,41,43)/b33-23-. The number of nitro benzene ring substituents is 1. The van der Waals surface area contributed by atoms with Gasteiger partial charge in [0.25, 0.3) is 17.5 Å². The molecule has 50 heavy (non-hydrogen) atoms. The second-order valence-corrected chi connectivity index (χ2v) is 11.8. The molecular weight excluding hydrogens is 657 g/mol. The Kier molecular flexibility index (Phi) is 11.6. The molecule has 0 aliphatic heterocycles. The van der Waals surface area contributed by atoms with Gasteiger partial charge in [0.1, 0.15) is 22.4 Å². The van der Waals surface area contributed by atoms with Crippen molar-refractivity contribution in [2.45, 2.75) is 10.1 Å². The lowest BCUT2D eigenvalue weighted by Crippen LogP contribution is -2.30. The van der Waals surface area contributed by atoms with Gasteiger partial charge in [-0.15, -0.1) is 11.8 Å². The molecule has 11 nitrogen and oxygen atoms in total. The number of non-ortho nitro benzene ring substituents is 1. The zero-order valence-corrected chi connectivity index (χ0v) is 27.8. The predicted octanol–water partition coefficient (Wildman–Crippen LogP) is 7.49. The van der Waals surface area contributed by atoms with Gasteiger partial charge in [0.15, 0.2) is 0 Å². The maximum atomic E-state index is 13.7. The smallest absolute Gasteiger partial charge is 0.272 e. The van der Waals surface area contributed by atoms with Crippen molar-refractivity contribution >= 4 is 52.6 Å². The molecule has 0 saturated carbocycles. The Hall–Kier alpha value is -6.40. The Morgan fingerprint density at radius 1 is 0.780 bits per heavy atom. The molecule has 5 rings (SSSR count). The molecule has 3 amide bonds. The second kappa shape index (κ2) is 16.6. The Morgan fingerprint density at radius 3 is 2.06 bits per heavy atom. The highest BCUT2D eigenvalue weighted by Crippen LogP contribution is 2.38. The van der Waals surface area contributed by atoms with Gasteiger partial charge in [0, 0.05) is 34.3 Å². The highest BCUT2D eigenvalue weighted by molar-refractivity contribution is 8.00. The van der Waals surface area contributed by atoms with E-state index in [2.05, 4.69) is 16.0 Å². The van der Waals surface area contributed by atoms with E-state index in [0.717, 1.165) is 10.5 Å². The van der Waals surface area contributed by atoms with Gasteiger partial charge in [-0.05, 0) is 77.9 Å². The van der Waals surface area contributed by atoms with Gasteiger partial charge >= 0.3 is 0 Å². The van der Waals surface area contributed by atoms with Crippen LogP contribution in [-0.2, 0) is 9.59 Å². The Bertz CT molecular complexity index is 2000. The molecule has 0 saturated heterocycles. The number of nitrogens with one attached hydrogen (secondary N) is 3. The van der Waals surface area contributed by atoms with Crippen LogP contribution in [0.5, 0.6) is 11.5 Å². The molecule has 1 unspecified atom stereocenters. The fourth-order valence-electron chi connectivity index (χ4n) is 4.76. The van der Waals surface area contributed by atoms with E-state index in [-0.39, 0.29) is 17.3 Å². The van der Waals surface area contributed by atoms with Crippen molar-refractivity contribution in [3.63, 3.8) is 0 Å². The van der Waals surface area contributed by atoms with Crippen LogP contribution in [0.3, 0.4) is 0 Å². The lowest BCUT2D eigenvalue weighted by atomic mass is 10.1. The maximum Gasteiger partial charge on any atom is 0.272 e. The number of methoxy groups -OCH3 is 2. The average molecular weight is 689 g/mol. The first kappa shape index (κ1) is 34.9. The number of nitro groups is 1. The summed E-state index contributed by atoms with van der Waals surface area (Å²) in [6.07, 6.45) is 1.44. The molecule has 0 aliphatic carbocycles. The summed E-state index contributed by atoms with van der Waals surface area (Å²) in [6, 6.07) is 35.4. The predicted molar refractivity (Wildman–Crippen MR) is 193 cm³/mol. The van der Waals surface area contributed by atoms with Gasteiger partial charge in [-0.2, -0.15) is 0 Å². The van der Waals surface area contributed by atoms with Gasteiger partial charge in [-0.25, -0.2) is 0 Å². The Balaban J connectivity index is 1.35. The second-order valence-electron chi connectivity index (χ2n) is 10.7. The van der Waals surface area contributed by atoms with Crippen LogP contribution in [0.15, 0.2) is 138 Å². The summed E-state index contributed by atoms with van der Waals surface area (Å²) in [5, 5.41) is 18.9. The number of amides is 3. The van der Waals surface area contributed by atoms with Crippen LogP contribution in [0.1, 0.15) is 26.7 Å². The third-order valence-corrected chi connectivity index (χ3v) is 8.58. The van der Waals surface area contributed by atoms with E-state index in [1.165, 1.54) is 49.2 Å². The summed E-state index contributed by atoms with van der Waals surface area (Å²) in [6.45, 7) is 0. The number of carbonyl (C=O) groups excluding carboxylic acids is 3.